The minimum absolute atomic E-state index is 0.884. The molecular formula is C16H20OS. The Morgan fingerprint density at radius 3 is 2.72 bits per heavy atom. The SMILES string of the molecule is COCCCCSCc1cccc2ccccc12. The minimum Gasteiger partial charge on any atom is -0.385 e. The number of benzene rings is 2. The van der Waals surface area contributed by atoms with Crippen LogP contribution in [0, 0.1) is 0 Å². The summed E-state index contributed by atoms with van der Waals surface area (Å²) in [5.41, 5.74) is 1.45. The largest absolute Gasteiger partial charge is 0.385 e. The molecule has 0 N–H and O–H groups in total. The fourth-order valence-electron chi connectivity index (χ4n) is 2.05. The maximum absolute atomic E-state index is 5.06. The monoisotopic (exact) mass is 260 g/mol. The van der Waals surface area contributed by atoms with Gasteiger partial charge < -0.3 is 4.74 Å². The number of fused-ring (bicyclic) bond motifs is 1. The van der Waals surface area contributed by atoms with Crippen molar-refractivity contribution in [2.75, 3.05) is 19.5 Å². The van der Waals surface area contributed by atoms with E-state index in [9.17, 15) is 0 Å². The molecule has 0 saturated carbocycles. The highest BCUT2D eigenvalue weighted by Gasteiger charge is 2.00. The molecule has 2 aromatic carbocycles. The topological polar surface area (TPSA) is 9.23 Å². The zero-order valence-electron chi connectivity index (χ0n) is 10.9. The molecule has 0 amide bonds. The van der Waals surface area contributed by atoms with E-state index in [0.717, 1.165) is 12.4 Å². The van der Waals surface area contributed by atoms with Crippen molar-refractivity contribution in [2.45, 2.75) is 18.6 Å². The normalized spacial score (nSPS) is 10.9. The maximum Gasteiger partial charge on any atom is 0.0462 e. The fourth-order valence-corrected chi connectivity index (χ4v) is 3.08. The third-order valence-electron chi connectivity index (χ3n) is 3.02. The smallest absolute Gasteiger partial charge is 0.0462 e. The lowest BCUT2D eigenvalue weighted by Crippen LogP contribution is -1.90. The quantitative estimate of drug-likeness (QED) is 0.678. The first-order valence-electron chi connectivity index (χ1n) is 6.45. The number of hydrogen-bond donors (Lipinski definition) is 0. The standard InChI is InChI=1S/C16H20OS/c1-17-11-4-5-12-18-13-15-9-6-8-14-7-2-3-10-16(14)15/h2-3,6-10H,4-5,11-13H2,1H3. The van der Waals surface area contributed by atoms with Crippen LogP contribution in [0.25, 0.3) is 10.8 Å². The summed E-state index contributed by atoms with van der Waals surface area (Å²) in [6.45, 7) is 0.884. The van der Waals surface area contributed by atoms with Crippen LogP contribution in [0.1, 0.15) is 18.4 Å². The van der Waals surface area contributed by atoms with Crippen molar-refractivity contribution in [3.8, 4) is 0 Å². The number of unbranched alkanes of at least 4 members (excludes halogenated alkanes) is 1. The first kappa shape index (κ1) is 13.4. The van der Waals surface area contributed by atoms with Gasteiger partial charge in [-0.2, -0.15) is 11.8 Å². The molecule has 0 unspecified atom stereocenters. The fraction of sp³-hybridized carbons (Fsp3) is 0.375. The van der Waals surface area contributed by atoms with Gasteiger partial charge in [-0.3, -0.25) is 0 Å². The predicted molar refractivity (Wildman–Crippen MR) is 81.2 cm³/mol. The van der Waals surface area contributed by atoms with E-state index in [2.05, 4.69) is 42.5 Å². The number of thioether (sulfide) groups is 1. The Morgan fingerprint density at radius 1 is 1.00 bits per heavy atom. The molecule has 0 aliphatic rings. The van der Waals surface area contributed by atoms with E-state index in [4.69, 9.17) is 4.74 Å². The van der Waals surface area contributed by atoms with Gasteiger partial charge in [-0.05, 0) is 34.9 Å². The van der Waals surface area contributed by atoms with Crippen LogP contribution in [-0.4, -0.2) is 19.5 Å². The number of rotatable bonds is 7. The van der Waals surface area contributed by atoms with E-state index < -0.39 is 0 Å². The zero-order valence-corrected chi connectivity index (χ0v) is 11.7. The molecule has 0 bridgehead atoms. The summed E-state index contributed by atoms with van der Waals surface area (Å²) < 4.78 is 5.06. The molecule has 1 nitrogen and oxygen atoms in total. The lowest BCUT2D eigenvalue weighted by molar-refractivity contribution is 0.194. The van der Waals surface area contributed by atoms with Crippen LogP contribution in [0.2, 0.25) is 0 Å². The van der Waals surface area contributed by atoms with Crippen LogP contribution in [0.3, 0.4) is 0 Å². The van der Waals surface area contributed by atoms with E-state index >= 15 is 0 Å². The Balaban J connectivity index is 1.88. The van der Waals surface area contributed by atoms with Crippen molar-refractivity contribution in [2.24, 2.45) is 0 Å². The van der Waals surface area contributed by atoms with Crippen molar-refractivity contribution in [1.82, 2.24) is 0 Å². The van der Waals surface area contributed by atoms with E-state index in [1.807, 2.05) is 11.8 Å². The average molecular weight is 260 g/mol. The second kappa shape index (κ2) is 7.45. The molecule has 2 heteroatoms. The first-order valence-corrected chi connectivity index (χ1v) is 7.60. The summed E-state index contributed by atoms with van der Waals surface area (Å²) in [6, 6.07) is 15.2. The zero-order chi connectivity index (χ0) is 12.6. The number of methoxy groups -OCH3 is 1. The van der Waals surface area contributed by atoms with Gasteiger partial charge in [-0.25, -0.2) is 0 Å². The summed E-state index contributed by atoms with van der Waals surface area (Å²) in [4.78, 5) is 0. The molecule has 0 radical (unpaired) electrons. The molecule has 0 atom stereocenters. The van der Waals surface area contributed by atoms with E-state index in [1.165, 1.54) is 34.9 Å². The summed E-state index contributed by atoms with van der Waals surface area (Å²) in [5.74, 6) is 2.32. The van der Waals surface area contributed by atoms with Gasteiger partial charge in [0.05, 0.1) is 0 Å². The molecule has 18 heavy (non-hydrogen) atoms. The van der Waals surface area contributed by atoms with Crippen molar-refractivity contribution in [1.29, 1.82) is 0 Å². The highest BCUT2D eigenvalue weighted by molar-refractivity contribution is 7.98. The molecule has 2 aromatic rings. The average Bonchev–Trinajstić information content (AvgIpc) is 2.43. The van der Waals surface area contributed by atoms with Gasteiger partial charge in [0, 0.05) is 19.5 Å². The highest BCUT2D eigenvalue weighted by Crippen LogP contribution is 2.23. The third kappa shape index (κ3) is 3.76. The Kier molecular flexibility index (Phi) is 5.56. The summed E-state index contributed by atoms with van der Waals surface area (Å²) in [5, 5.41) is 2.74. The molecule has 0 saturated heterocycles. The minimum atomic E-state index is 0.884. The van der Waals surface area contributed by atoms with Crippen LogP contribution < -0.4 is 0 Å². The van der Waals surface area contributed by atoms with E-state index in [1.54, 1.807) is 7.11 Å². The highest BCUT2D eigenvalue weighted by atomic mass is 32.2. The van der Waals surface area contributed by atoms with E-state index in [-0.39, 0.29) is 0 Å². The maximum atomic E-state index is 5.06. The van der Waals surface area contributed by atoms with Gasteiger partial charge in [0.2, 0.25) is 0 Å². The second-order valence-corrected chi connectivity index (χ2v) is 5.50. The Bertz CT molecular complexity index is 476. The Labute approximate surface area is 114 Å². The number of hydrogen-bond acceptors (Lipinski definition) is 2. The lowest BCUT2D eigenvalue weighted by Gasteiger charge is -2.06. The summed E-state index contributed by atoms with van der Waals surface area (Å²) >= 11 is 2.02. The molecule has 2 rings (SSSR count). The molecule has 0 aromatic heterocycles. The second-order valence-electron chi connectivity index (χ2n) is 4.39. The molecular weight excluding hydrogens is 240 g/mol. The third-order valence-corrected chi connectivity index (χ3v) is 4.12. The molecule has 0 aliphatic carbocycles. The molecule has 0 spiro atoms. The molecule has 0 heterocycles. The van der Waals surface area contributed by atoms with Crippen LogP contribution >= 0.6 is 11.8 Å². The van der Waals surface area contributed by atoms with Crippen LogP contribution in [0.5, 0.6) is 0 Å². The van der Waals surface area contributed by atoms with Gasteiger partial charge in [0.15, 0.2) is 0 Å². The van der Waals surface area contributed by atoms with Crippen molar-refractivity contribution < 1.29 is 4.74 Å². The van der Waals surface area contributed by atoms with Gasteiger partial charge in [0.25, 0.3) is 0 Å². The first-order chi connectivity index (χ1) is 8.92. The Morgan fingerprint density at radius 2 is 1.83 bits per heavy atom. The summed E-state index contributed by atoms with van der Waals surface area (Å²) in [7, 11) is 1.77. The predicted octanol–water partition coefficient (Wildman–Crippen LogP) is 4.50. The van der Waals surface area contributed by atoms with Crippen molar-refractivity contribution in [3.05, 3.63) is 48.0 Å². The molecule has 0 fully saturated rings. The molecule has 0 aliphatic heterocycles. The van der Waals surface area contributed by atoms with Crippen molar-refractivity contribution in [3.63, 3.8) is 0 Å². The summed E-state index contributed by atoms with van der Waals surface area (Å²) in [6.07, 6.45) is 2.41. The molecule has 96 valence electrons. The number of ether oxygens (including phenoxy) is 1. The van der Waals surface area contributed by atoms with Gasteiger partial charge in [-0.15, -0.1) is 0 Å². The van der Waals surface area contributed by atoms with Crippen LogP contribution in [0.4, 0.5) is 0 Å². The van der Waals surface area contributed by atoms with Gasteiger partial charge in [-0.1, -0.05) is 42.5 Å². The van der Waals surface area contributed by atoms with Gasteiger partial charge >= 0.3 is 0 Å². The van der Waals surface area contributed by atoms with E-state index in [0.29, 0.717) is 0 Å². The lowest BCUT2D eigenvalue weighted by atomic mass is 10.1. The van der Waals surface area contributed by atoms with Crippen LogP contribution in [0.15, 0.2) is 42.5 Å². The van der Waals surface area contributed by atoms with Crippen molar-refractivity contribution >= 4 is 22.5 Å². The van der Waals surface area contributed by atoms with Gasteiger partial charge in [0.1, 0.15) is 0 Å². The Hall–Kier alpha value is -0.990. The van der Waals surface area contributed by atoms with Crippen LogP contribution in [-0.2, 0) is 10.5 Å².